The summed E-state index contributed by atoms with van der Waals surface area (Å²) in [5.74, 6) is 2.00. The van der Waals surface area contributed by atoms with E-state index in [1.807, 2.05) is 84.6 Å². The van der Waals surface area contributed by atoms with E-state index in [2.05, 4.69) is 50.0 Å². The van der Waals surface area contributed by atoms with Crippen molar-refractivity contribution in [1.29, 1.82) is 5.26 Å². The molecule has 0 spiro atoms. The van der Waals surface area contributed by atoms with Crippen LogP contribution in [0.25, 0.3) is 22.5 Å². The number of anilines is 2. The zero-order chi connectivity index (χ0) is 31.2. The smallest absolute Gasteiger partial charge is 0.161 e. The van der Waals surface area contributed by atoms with Crippen LogP contribution >= 0.6 is 0 Å². The molecule has 1 aliphatic rings. The highest BCUT2D eigenvalue weighted by Gasteiger charge is 2.16. The fraction of sp³-hybridized carbons (Fsp3) is 0.206. The third-order valence-corrected chi connectivity index (χ3v) is 7.82. The van der Waals surface area contributed by atoms with Gasteiger partial charge in [0.1, 0.15) is 23.4 Å². The predicted molar refractivity (Wildman–Crippen MR) is 171 cm³/mol. The summed E-state index contributed by atoms with van der Waals surface area (Å²) < 4.78 is 21.9. The van der Waals surface area contributed by atoms with E-state index >= 15 is 0 Å². The van der Waals surface area contributed by atoms with Gasteiger partial charge in [0.2, 0.25) is 0 Å². The molecule has 1 saturated heterocycles. The SMILES string of the molecule is C[C@@H](c1ccc(-n2cc(F)cn2)nc1)N(C)c1ccc(-c2ccnc(N3CCOCC3)c2)cn1.N#Cc1ccc2ccccn12. The molecule has 1 atom stereocenters. The zero-order valence-electron chi connectivity index (χ0n) is 25.0. The average Bonchev–Trinajstić information content (AvgIpc) is 3.74. The van der Waals surface area contributed by atoms with Gasteiger partial charge in [-0.15, -0.1) is 0 Å². The lowest BCUT2D eigenvalue weighted by Gasteiger charge is -2.28. The first-order valence-corrected chi connectivity index (χ1v) is 14.6. The van der Waals surface area contributed by atoms with Crippen LogP contribution in [0.2, 0.25) is 0 Å². The van der Waals surface area contributed by atoms with E-state index in [1.54, 1.807) is 6.20 Å². The number of fused-ring (bicyclic) bond motifs is 1. The topological polar surface area (TPSA) is 100 Å². The maximum absolute atomic E-state index is 13.2. The van der Waals surface area contributed by atoms with Crippen molar-refractivity contribution in [3.05, 3.63) is 121 Å². The van der Waals surface area contributed by atoms with Crippen molar-refractivity contribution in [2.45, 2.75) is 13.0 Å². The van der Waals surface area contributed by atoms with Crippen LogP contribution in [0.15, 0.2) is 104 Å². The lowest BCUT2D eigenvalue weighted by atomic mass is 10.1. The number of halogens is 1. The number of morpholine rings is 1. The monoisotopic (exact) mass is 601 g/mol. The molecular formula is C34H32FN9O. The van der Waals surface area contributed by atoms with Gasteiger partial charge in [0.15, 0.2) is 11.6 Å². The molecular weight excluding hydrogens is 569 g/mol. The van der Waals surface area contributed by atoms with Gasteiger partial charge in [-0.3, -0.25) is 0 Å². The molecule has 1 aliphatic heterocycles. The Morgan fingerprint density at radius 3 is 2.49 bits per heavy atom. The average molecular weight is 602 g/mol. The maximum Gasteiger partial charge on any atom is 0.161 e. The van der Waals surface area contributed by atoms with Gasteiger partial charge in [-0.05, 0) is 72.6 Å². The van der Waals surface area contributed by atoms with Gasteiger partial charge in [0, 0.05) is 56.0 Å². The molecule has 0 aromatic carbocycles. The molecule has 0 saturated carbocycles. The van der Waals surface area contributed by atoms with Gasteiger partial charge in [-0.2, -0.15) is 10.4 Å². The summed E-state index contributed by atoms with van der Waals surface area (Å²) in [6, 6.07) is 23.8. The molecule has 0 unspecified atom stereocenters. The molecule has 7 heterocycles. The third kappa shape index (κ3) is 6.66. The van der Waals surface area contributed by atoms with Crippen LogP contribution in [0.4, 0.5) is 16.0 Å². The zero-order valence-corrected chi connectivity index (χ0v) is 25.0. The minimum Gasteiger partial charge on any atom is -0.378 e. The van der Waals surface area contributed by atoms with Crippen molar-refractivity contribution in [3.63, 3.8) is 0 Å². The minimum absolute atomic E-state index is 0.0445. The summed E-state index contributed by atoms with van der Waals surface area (Å²) >= 11 is 0. The van der Waals surface area contributed by atoms with Crippen molar-refractivity contribution >= 4 is 17.2 Å². The second kappa shape index (κ2) is 13.4. The molecule has 6 aromatic rings. The maximum atomic E-state index is 13.2. The first kappa shape index (κ1) is 29.5. The van der Waals surface area contributed by atoms with Crippen LogP contribution < -0.4 is 9.80 Å². The molecule has 45 heavy (non-hydrogen) atoms. The summed E-state index contributed by atoms with van der Waals surface area (Å²) in [6.45, 7) is 5.26. The summed E-state index contributed by atoms with van der Waals surface area (Å²) in [5.41, 5.74) is 4.89. The Kier molecular flexibility index (Phi) is 8.75. The molecule has 7 rings (SSSR count). The number of ether oxygens (including phenoxy) is 1. The summed E-state index contributed by atoms with van der Waals surface area (Å²) in [6.07, 6.45) is 9.87. The Hall–Kier alpha value is -5.60. The quantitative estimate of drug-likeness (QED) is 0.239. The fourth-order valence-electron chi connectivity index (χ4n) is 5.10. The number of rotatable bonds is 6. The molecule has 0 bridgehead atoms. The highest BCUT2D eigenvalue weighted by molar-refractivity contribution is 5.67. The Morgan fingerprint density at radius 2 is 1.78 bits per heavy atom. The standard InChI is InChI=1S/C25H26FN7O.C9H6N2/c1-18(20-3-6-24(29-14-20)33-17-22(26)16-30-33)31(2)23-5-4-21(15-28-23)19-7-8-27-25(13-19)32-9-11-34-12-10-32;10-7-9-5-4-8-3-1-2-6-11(8)9/h3-8,13-18H,9-12H2,1-2H3;1-6H/t18-;/m0./s1. The van der Waals surface area contributed by atoms with Gasteiger partial charge in [-0.25, -0.2) is 24.0 Å². The van der Waals surface area contributed by atoms with E-state index in [-0.39, 0.29) is 6.04 Å². The number of pyridine rings is 4. The number of nitrogens with zero attached hydrogens (tertiary/aromatic N) is 9. The van der Waals surface area contributed by atoms with Crippen LogP contribution in [0.1, 0.15) is 24.2 Å². The molecule has 11 heteroatoms. The van der Waals surface area contributed by atoms with Crippen molar-refractivity contribution < 1.29 is 9.13 Å². The number of nitriles is 1. The second-order valence-corrected chi connectivity index (χ2v) is 10.6. The van der Waals surface area contributed by atoms with Crippen LogP contribution in [-0.2, 0) is 4.74 Å². The van der Waals surface area contributed by atoms with Gasteiger partial charge in [-0.1, -0.05) is 12.1 Å². The van der Waals surface area contributed by atoms with Crippen molar-refractivity contribution in [2.24, 2.45) is 0 Å². The Morgan fingerprint density at radius 1 is 0.911 bits per heavy atom. The molecule has 0 radical (unpaired) electrons. The van der Waals surface area contributed by atoms with Crippen LogP contribution in [-0.4, -0.2) is 62.5 Å². The fourth-order valence-corrected chi connectivity index (χ4v) is 5.10. The van der Waals surface area contributed by atoms with Gasteiger partial charge in [0.25, 0.3) is 0 Å². The Bertz CT molecular complexity index is 1910. The van der Waals surface area contributed by atoms with E-state index in [4.69, 9.17) is 15.0 Å². The first-order valence-electron chi connectivity index (χ1n) is 14.6. The van der Waals surface area contributed by atoms with Crippen molar-refractivity contribution in [3.8, 4) is 23.0 Å². The molecule has 226 valence electrons. The van der Waals surface area contributed by atoms with Crippen LogP contribution in [0, 0.1) is 17.1 Å². The molecule has 0 N–H and O–H groups in total. The summed E-state index contributed by atoms with van der Waals surface area (Å²) in [5, 5.41) is 12.6. The van der Waals surface area contributed by atoms with Gasteiger partial charge >= 0.3 is 0 Å². The minimum atomic E-state index is -0.391. The van der Waals surface area contributed by atoms with E-state index in [0.29, 0.717) is 11.5 Å². The molecule has 1 fully saturated rings. The first-order chi connectivity index (χ1) is 22.0. The van der Waals surface area contributed by atoms with E-state index in [0.717, 1.165) is 66.3 Å². The molecule has 6 aromatic heterocycles. The summed E-state index contributed by atoms with van der Waals surface area (Å²) in [4.78, 5) is 18.0. The largest absolute Gasteiger partial charge is 0.378 e. The van der Waals surface area contributed by atoms with Gasteiger partial charge in [0.05, 0.1) is 31.6 Å². The Balaban J connectivity index is 0.000000272. The van der Waals surface area contributed by atoms with Crippen LogP contribution in [0.3, 0.4) is 0 Å². The molecule has 0 aliphatic carbocycles. The normalized spacial score (nSPS) is 13.5. The number of aromatic nitrogens is 6. The van der Waals surface area contributed by atoms with E-state index in [9.17, 15) is 4.39 Å². The third-order valence-electron chi connectivity index (χ3n) is 7.82. The second-order valence-electron chi connectivity index (χ2n) is 10.6. The van der Waals surface area contributed by atoms with Crippen molar-refractivity contribution in [1.82, 2.24) is 29.1 Å². The van der Waals surface area contributed by atoms with Gasteiger partial charge < -0.3 is 18.9 Å². The molecule has 0 amide bonds. The molecule has 10 nitrogen and oxygen atoms in total. The Labute approximate surface area is 260 Å². The lowest BCUT2D eigenvalue weighted by molar-refractivity contribution is 0.122. The van der Waals surface area contributed by atoms with E-state index in [1.165, 1.54) is 10.9 Å². The van der Waals surface area contributed by atoms with Crippen molar-refractivity contribution in [2.75, 3.05) is 43.2 Å². The number of hydrogen-bond donors (Lipinski definition) is 0. The van der Waals surface area contributed by atoms with Crippen LogP contribution in [0.5, 0.6) is 0 Å². The predicted octanol–water partition coefficient (Wildman–Crippen LogP) is 5.71. The van der Waals surface area contributed by atoms with E-state index < -0.39 is 5.82 Å². The summed E-state index contributed by atoms with van der Waals surface area (Å²) in [7, 11) is 2.01. The lowest BCUT2D eigenvalue weighted by Crippen LogP contribution is -2.36. The highest BCUT2D eigenvalue weighted by atomic mass is 19.1. The number of hydrogen-bond acceptors (Lipinski definition) is 8. The highest BCUT2D eigenvalue weighted by Crippen LogP contribution is 2.27.